The van der Waals surface area contributed by atoms with E-state index in [1.165, 1.54) is 24.3 Å². The lowest BCUT2D eigenvalue weighted by atomic mass is 10.1. The first-order chi connectivity index (χ1) is 12.4. The highest BCUT2D eigenvalue weighted by Crippen LogP contribution is 2.17. The van der Waals surface area contributed by atoms with Gasteiger partial charge in [0.1, 0.15) is 17.4 Å². The molecule has 2 N–H and O–H groups in total. The van der Waals surface area contributed by atoms with Gasteiger partial charge in [-0.15, -0.1) is 0 Å². The van der Waals surface area contributed by atoms with Crippen molar-refractivity contribution < 1.29 is 19.4 Å². The Morgan fingerprint density at radius 1 is 1.19 bits per heavy atom. The molecule has 0 bridgehead atoms. The van der Waals surface area contributed by atoms with Crippen molar-refractivity contribution >= 4 is 23.6 Å². The van der Waals surface area contributed by atoms with Crippen LogP contribution in [0.4, 0.5) is 5.69 Å². The summed E-state index contributed by atoms with van der Waals surface area (Å²) in [6.45, 7) is 3.84. The van der Waals surface area contributed by atoms with E-state index in [-0.39, 0.29) is 17.2 Å². The molecule has 0 saturated heterocycles. The lowest BCUT2D eigenvalue weighted by Crippen LogP contribution is -2.13. The van der Waals surface area contributed by atoms with Crippen molar-refractivity contribution in [1.29, 1.82) is 5.26 Å². The Labute approximate surface area is 151 Å². The highest BCUT2D eigenvalue weighted by Gasteiger charge is 2.11. The number of anilines is 1. The molecule has 0 heterocycles. The molecule has 0 fully saturated rings. The second-order valence-electron chi connectivity index (χ2n) is 5.75. The second kappa shape index (κ2) is 8.49. The van der Waals surface area contributed by atoms with Crippen LogP contribution < -0.4 is 10.1 Å². The van der Waals surface area contributed by atoms with Gasteiger partial charge in [-0.3, -0.25) is 4.79 Å². The monoisotopic (exact) mass is 350 g/mol. The number of aromatic carboxylic acids is 1. The Morgan fingerprint density at radius 3 is 2.46 bits per heavy atom. The van der Waals surface area contributed by atoms with E-state index in [4.69, 9.17) is 9.84 Å². The Hall–Kier alpha value is -3.59. The Bertz CT molecular complexity index is 877. The summed E-state index contributed by atoms with van der Waals surface area (Å²) in [5.41, 5.74) is 0.929. The molecule has 2 aromatic carbocycles. The summed E-state index contributed by atoms with van der Waals surface area (Å²) >= 11 is 0. The largest absolute Gasteiger partial charge is 0.491 e. The summed E-state index contributed by atoms with van der Waals surface area (Å²) in [4.78, 5) is 23.2. The Morgan fingerprint density at radius 2 is 1.88 bits per heavy atom. The first kappa shape index (κ1) is 18.7. The van der Waals surface area contributed by atoms with Crippen molar-refractivity contribution in [3.8, 4) is 11.8 Å². The van der Waals surface area contributed by atoms with E-state index in [0.717, 1.165) is 0 Å². The minimum absolute atomic E-state index is 0.0472. The van der Waals surface area contributed by atoms with Crippen LogP contribution in [0, 0.1) is 11.3 Å². The molecule has 0 unspecified atom stereocenters. The van der Waals surface area contributed by atoms with E-state index >= 15 is 0 Å². The number of carbonyl (C=O) groups excluding carboxylic acids is 1. The van der Waals surface area contributed by atoms with Crippen LogP contribution in [-0.4, -0.2) is 23.1 Å². The fourth-order valence-corrected chi connectivity index (χ4v) is 2.16. The normalized spacial score (nSPS) is 10.9. The zero-order valence-electron chi connectivity index (χ0n) is 14.4. The van der Waals surface area contributed by atoms with Gasteiger partial charge in [0, 0.05) is 5.69 Å². The minimum Gasteiger partial charge on any atom is -0.491 e. The molecule has 6 heteroatoms. The number of benzene rings is 2. The van der Waals surface area contributed by atoms with Gasteiger partial charge in [0.25, 0.3) is 5.91 Å². The molecule has 0 aliphatic heterocycles. The predicted octanol–water partition coefficient (Wildman–Crippen LogP) is 3.72. The topological polar surface area (TPSA) is 99.4 Å². The lowest BCUT2D eigenvalue weighted by molar-refractivity contribution is -0.112. The molecule has 0 aromatic heterocycles. The standard InChI is InChI=1S/C20H18N2O4/c1-13(2)26-18-8-6-14(7-9-18)10-16(12-21)19(23)22-17-5-3-4-15(11-17)20(24)25/h3-11,13H,1-2H3,(H,22,23)(H,24,25). The number of carboxylic acid groups (broad SMARTS) is 1. The molecule has 2 rings (SSSR count). The van der Waals surface area contributed by atoms with Crippen LogP contribution in [-0.2, 0) is 4.79 Å². The number of hydrogen-bond donors (Lipinski definition) is 2. The number of nitrogens with one attached hydrogen (secondary N) is 1. The number of ether oxygens (including phenoxy) is 1. The fraction of sp³-hybridized carbons (Fsp3) is 0.150. The number of nitriles is 1. The average molecular weight is 350 g/mol. The molecule has 0 atom stereocenters. The molecular weight excluding hydrogens is 332 g/mol. The number of hydrogen-bond acceptors (Lipinski definition) is 4. The molecule has 0 spiro atoms. The van der Waals surface area contributed by atoms with Crippen molar-refractivity contribution in [2.45, 2.75) is 20.0 Å². The summed E-state index contributed by atoms with van der Waals surface area (Å²) in [6.07, 6.45) is 1.51. The zero-order valence-corrected chi connectivity index (χ0v) is 14.4. The minimum atomic E-state index is -1.10. The average Bonchev–Trinajstić information content (AvgIpc) is 2.60. The van der Waals surface area contributed by atoms with Crippen LogP contribution in [0.3, 0.4) is 0 Å². The van der Waals surface area contributed by atoms with Gasteiger partial charge in [0.05, 0.1) is 11.7 Å². The van der Waals surface area contributed by atoms with E-state index in [9.17, 15) is 14.9 Å². The summed E-state index contributed by atoms with van der Waals surface area (Å²) in [5.74, 6) is -1.01. The Kier molecular flexibility index (Phi) is 6.12. The van der Waals surface area contributed by atoms with Crippen molar-refractivity contribution in [3.05, 3.63) is 65.2 Å². The molecule has 132 valence electrons. The third-order valence-electron chi connectivity index (χ3n) is 3.30. The van der Waals surface area contributed by atoms with Crippen molar-refractivity contribution in [2.24, 2.45) is 0 Å². The number of amides is 1. The number of rotatable bonds is 6. The fourth-order valence-electron chi connectivity index (χ4n) is 2.16. The maximum Gasteiger partial charge on any atom is 0.335 e. The highest BCUT2D eigenvalue weighted by molar-refractivity contribution is 6.10. The van der Waals surface area contributed by atoms with Crippen molar-refractivity contribution in [3.63, 3.8) is 0 Å². The zero-order chi connectivity index (χ0) is 19.1. The van der Waals surface area contributed by atoms with E-state index in [2.05, 4.69) is 5.32 Å². The molecule has 1 amide bonds. The van der Waals surface area contributed by atoms with Gasteiger partial charge in [-0.1, -0.05) is 18.2 Å². The predicted molar refractivity (Wildman–Crippen MR) is 97.8 cm³/mol. The molecule has 0 aliphatic rings. The second-order valence-corrected chi connectivity index (χ2v) is 5.75. The van der Waals surface area contributed by atoms with E-state index in [0.29, 0.717) is 17.0 Å². The van der Waals surface area contributed by atoms with Gasteiger partial charge in [0.2, 0.25) is 0 Å². The van der Waals surface area contributed by atoms with Crippen LogP contribution in [0.25, 0.3) is 6.08 Å². The van der Waals surface area contributed by atoms with Gasteiger partial charge < -0.3 is 15.2 Å². The summed E-state index contributed by atoms with van der Waals surface area (Å²) < 4.78 is 5.54. The smallest absolute Gasteiger partial charge is 0.335 e. The highest BCUT2D eigenvalue weighted by atomic mass is 16.5. The SMILES string of the molecule is CC(C)Oc1ccc(C=C(C#N)C(=O)Nc2cccc(C(=O)O)c2)cc1. The summed E-state index contributed by atoms with van der Waals surface area (Å²) in [7, 11) is 0. The van der Waals surface area contributed by atoms with Crippen molar-refractivity contribution in [1.82, 2.24) is 0 Å². The van der Waals surface area contributed by atoms with Crippen LogP contribution in [0.1, 0.15) is 29.8 Å². The number of carboxylic acids is 1. The Balaban J connectivity index is 2.15. The van der Waals surface area contributed by atoms with E-state index in [1.807, 2.05) is 19.9 Å². The quantitative estimate of drug-likeness (QED) is 0.611. The van der Waals surface area contributed by atoms with Crippen molar-refractivity contribution in [2.75, 3.05) is 5.32 Å². The molecule has 0 radical (unpaired) electrons. The molecule has 0 aliphatic carbocycles. The first-order valence-electron chi connectivity index (χ1n) is 7.92. The summed E-state index contributed by atoms with van der Waals surface area (Å²) in [5, 5.41) is 20.8. The number of carbonyl (C=O) groups is 2. The maximum absolute atomic E-state index is 12.3. The molecule has 0 saturated carbocycles. The van der Waals surface area contributed by atoms with E-state index < -0.39 is 11.9 Å². The maximum atomic E-state index is 12.3. The van der Waals surface area contributed by atoms with E-state index in [1.54, 1.807) is 30.3 Å². The first-order valence-corrected chi connectivity index (χ1v) is 7.92. The molecular formula is C20H18N2O4. The van der Waals surface area contributed by atoms with Crippen LogP contribution in [0.5, 0.6) is 5.75 Å². The van der Waals surface area contributed by atoms with Gasteiger partial charge in [-0.25, -0.2) is 4.79 Å². The van der Waals surface area contributed by atoms with Gasteiger partial charge >= 0.3 is 5.97 Å². The van der Waals surface area contributed by atoms with Gasteiger partial charge in [0.15, 0.2) is 0 Å². The third kappa shape index (κ3) is 5.21. The van der Waals surface area contributed by atoms with Gasteiger partial charge in [-0.2, -0.15) is 5.26 Å². The lowest BCUT2D eigenvalue weighted by Gasteiger charge is -2.09. The van der Waals surface area contributed by atoms with Crippen LogP contribution in [0.2, 0.25) is 0 Å². The van der Waals surface area contributed by atoms with Crippen LogP contribution in [0.15, 0.2) is 54.1 Å². The van der Waals surface area contributed by atoms with Gasteiger partial charge in [-0.05, 0) is 55.8 Å². The number of nitrogens with zero attached hydrogens (tertiary/aromatic N) is 1. The summed E-state index contributed by atoms with van der Waals surface area (Å²) in [6, 6.07) is 14.7. The molecule has 2 aromatic rings. The van der Waals surface area contributed by atoms with Crippen LogP contribution >= 0.6 is 0 Å². The molecule has 6 nitrogen and oxygen atoms in total. The third-order valence-corrected chi connectivity index (χ3v) is 3.30. The molecule has 26 heavy (non-hydrogen) atoms.